The van der Waals surface area contributed by atoms with Crippen molar-refractivity contribution in [2.24, 2.45) is 5.41 Å². The second-order valence-electron chi connectivity index (χ2n) is 13.7. The van der Waals surface area contributed by atoms with Crippen molar-refractivity contribution in [2.75, 3.05) is 13.1 Å². The van der Waals surface area contributed by atoms with E-state index in [0.29, 0.717) is 73.1 Å². The third-order valence-electron chi connectivity index (χ3n) is 9.21. The molecule has 3 N–H and O–H groups in total. The number of amides is 2. The molecule has 1 heterocycles. The van der Waals surface area contributed by atoms with E-state index in [2.05, 4.69) is 15.4 Å². The number of hydrogen-bond acceptors (Lipinski definition) is 6. The van der Waals surface area contributed by atoms with Crippen LogP contribution in [0.15, 0.2) is 36.4 Å². The van der Waals surface area contributed by atoms with Crippen LogP contribution in [0, 0.1) is 11.2 Å². The molecule has 2 aliphatic carbocycles. The Kier molecular flexibility index (Phi) is 8.85. The summed E-state index contributed by atoms with van der Waals surface area (Å²) in [6.07, 6.45) is 2.92. The summed E-state index contributed by atoms with van der Waals surface area (Å²) < 4.78 is 63.3. The lowest BCUT2D eigenvalue weighted by molar-refractivity contribution is -0.137. The highest BCUT2D eigenvalue weighted by Gasteiger charge is 2.51. The van der Waals surface area contributed by atoms with Gasteiger partial charge in [-0.3, -0.25) is 14.3 Å². The fourth-order valence-electron chi connectivity index (χ4n) is 6.43. The van der Waals surface area contributed by atoms with Crippen molar-refractivity contribution in [3.63, 3.8) is 0 Å². The Bertz CT molecular complexity index is 1540. The molecule has 3 atom stereocenters. The highest BCUT2D eigenvalue weighted by atomic mass is 32.2. The van der Waals surface area contributed by atoms with Crippen LogP contribution < -0.4 is 20.1 Å². The molecular formula is C33H43F2N3O5S. The molecule has 3 aliphatic rings. The van der Waals surface area contributed by atoms with Crippen molar-refractivity contribution in [3.8, 4) is 16.9 Å². The molecular weight excluding hydrogens is 588 g/mol. The smallest absolute Gasteiger partial charge is 0.259 e. The lowest BCUT2D eigenvalue weighted by atomic mass is 9.77. The van der Waals surface area contributed by atoms with Crippen LogP contribution >= 0.6 is 0 Å². The van der Waals surface area contributed by atoms with Gasteiger partial charge in [0.1, 0.15) is 17.7 Å². The number of piperidine rings is 1. The molecule has 0 aromatic heterocycles. The van der Waals surface area contributed by atoms with Crippen LogP contribution in [0.3, 0.4) is 0 Å². The summed E-state index contributed by atoms with van der Waals surface area (Å²) >= 11 is 0. The number of benzene rings is 2. The average molecular weight is 632 g/mol. The summed E-state index contributed by atoms with van der Waals surface area (Å²) in [6.45, 7) is 7.99. The van der Waals surface area contributed by atoms with E-state index >= 15 is 4.39 Å². The highest BCUT2D eigenvalue weighted by Crippen LogP contribution is 2.42. The summed E-state index contributed by atoms with van der Waals surface area (Å²) in [6, 6.07) is 9.73. The summed E-state index contributed by atoms with van der Waals surface area (Å²) in [4.78, 5) is 25.7. The van der Waals surface area contributed by atoms with Gasteiger partial charge in [0.15, 0.2) is 0 Å². The summed E-state index contributed by atoms with van der Waals surface area (Å²) in [7, 11) is -3.77. The van der Waals surface area contributed by atoms with Crippen LogP contribution in [0.1, 0.15) is 77.3 Å². The van der Waals surface area contributed by atoms with Gasteiger partial charge < -0.3 is 15.4 Å². The zero-order valence-electron chi connectivity index (χ0n) is 25.9. The Hall–Kier alpha value is -3.05. The van der Waals surface area contributed by atoms with Crippen molar-refractivity contribution in [3.05, 3.63) is 53.3 Å². The van der Waals surface area contributed by atoms with Crippen molar-refractivity contribution < 1.29 is 31.5 Å². The first-order chi connectivity index (χ1) is 20.6. The Balaban J connectivity index is 1.32. The molecule has 2 saturated carbocycles. The number of sulfonamides is 1. The lowest BCUT2D eigenvalue weighted by Gasteiger charge is -2.39. The molecule has 5 rings (SSSR count). The molecule has 0 unspecified atom stereocenters. The predicted octanol–water partition coefficient (Wildman–Crippen LogP) is 4.74. The number of alkyl halides is 1. The van der Waals surface area contributed by atoms with E-state index in [9.17, 15) is 22.4 Å². The molecule has 11 heteroatoms. The minimum atomic E-state index is -3.77. The van der Waals surface area contributed by atoms with Gasteiger partial charge in [0.05, 0.1) is 11.2 Å². The zero-order chi connectivity index (χ0) is 31.9. The summed E-state index contributed by atoms with van der Waals surface area (Å²) in [5.74, 6) is -1.10. The van der Waals surface area contributed by atoms with Crippen molar-refractivity contribution in [2.45, 2.75) is 102 Å². The molecule has 0 bridgehead atoms. The van der Waals surface area contributed by atoms with Gasteiger partial charge in [0.25, 0.3) is 5.91 Å². The molecule has 2 aromatic rings. The standard InChI is InChI=1S/C33H43F2N3O5S/c1-5-24-25(7-6-8-27(24)34)26-15-21(16-29(39)38-44(41,42)32(4)13-14-32)9-12-28(26)43-23-11-10-22(17-23)37-30(40)33(35)18-31(2,3)19-36-20-33/h6-9,12,15,22-23,36H,5,10-11,13-14,16-20H2,1-4H3,(H,37,40)(H,38,39)/t22-,23-,33+/m1/s1. The maximum Gasteiger partial charge on any atom is 0.259 e. The number of ether oxygens (including phenoxy) is 1. The second-order valence-corrected chi connectivity index (χ2v) is 15.9. The maximum absolute atomic E-state index is 15.6. The van der Waals surface area contributed by atoms with Gasteiger partial charge in [-0.05, 0) is 85.8 Å². The first-order valence-corrected chi connectivity index (χ1v) is 17.0. The monoisotopic (exact) mass is 631 g/mol. The number of carbonyl (C=O) groups excluding carboxylic acids is 2. The average Bonchev–Trinajstić information content (AvgIpc) is 3.56. The molecule has 2 amide bonds. The van der Waals surface area contributed by atoms with Gasteiger partial charge in [0, 0.05) is 31.1 Å². The number of nitrogens with one attached hydrogen (secondary N) is 3. The lowest BCUT2D eigenvalue weighted by Crippen LogP contribution is -2.59. The minimum Gasteiger partial charge on any atom is -0.490 e. The topological polar surface area (TPSA) is 114 Å². The Labute approximate surface area is 258 Å². The molecule has 240 valence electrons. The molecule has 8 nitrogen and oxygen atoms in total. The maximum atomic E-state index is 15.6. The SMILES string of the molecule is CCc1c(F)cccc1-c1cc(CC(=O)NS(=O)(=O)C2(C)CC2)ccc1O[C@@H]1CC[C@@H](NC(=O)[C@@]2(F)CNCC(C)(C)C2)C1. The van der Waals surface area contributed by atoms with Crippen LogP contribution in [0.2, 0.25) is 0 Å². The number of halogens is 2. The summed E-state index contributed by atoms with van der Waals surface area (Å²) in [5.41, 5.74) is -0.0307. The molecule has 0 spiro atoms. The minimum absolute atomic E-state index is 0.0126. The molecule has 3 fully saturated rings. The van der Waals surface area contributed by atoms with Gasteiger partial charge in [-0.25, -0.2) is 17.2 Å². The molecule has 0 radical (unpaired) electrons. The van der Waals surface area contributed by atoms with E-state index in [1.54, 1.807) is 37.3 Å². The molecule has 1 saturated heterocycles. The Morgan fingerprint density at radius 1 is 1.07 bits per heavy atom. The highest BCUT2D eigenvalue weighted by molar-refractivity contribution is 7.91. The van der Waals surface area contributed by atoms with Crippen molar-refractivity contribution in [1.82, 2.24) is 15.4 Å². The quantitative estimate of drug-likeness (QED) is 0.349. The largest absolute Gasteiger partial charge is 0.490 e. The Morgan fingerprint density at radius 2 is 1.82 bits per heavy atom. The zero-order valence-corrected chi connectivity index (χ0v) is 26.7. The number of carbonyl (C=O) groups is 2. The van der Waals surface area contributed by atoms with Gasteiger partial charge >= 0.3 is 0 Å². The number of hydrogen-bond donors (Lipinski definition) is 3. The van der Waals surface area contributed by atoms with Gasteiger partial charge in [-0.2, -0.15) is 0 Å². The number of rotatable bonds is 10. The first-order valence-electron chi connectivity index (χ1n) is 15.5. The van der Waals surface area contributed by atoms with E-state index < -0.39 is 32.3 Å². The van der Waals surface area contributed by atoms with Gasteiger partial charge in [0.2, 0.25) is 21.6 Å². The first kappa shape index (κ1) is 32.3. The van der Waals surface area contributed by atoms with E-state index in [1.807, 2.05) is 20.8 Å². The van der Waals surface area contributed by atoms with Crippen molar-refractivity contribution >= 4 is 21.8 Å². The van der Waals surface area contributed by atoms with E-state index in [-0.39, 0.29) is 42.8 Å². The van der Waals surface area contributed by atoms with Crippen molar-refractivity contribution in [1.29, 1.82) is 0 Å². The molecule has 2 aromatic carbocycles. The van der Waals surface area contributed by atoms with Gasteiger partial charge in [-0.15, -0.1) is 0 Å². The molecule has 1 aliphatic heterocycles. The molecule has 44 heavy (non-hydrogen) atoms. The van der Waals surface area contributed by atoms with Crippen LogP contribution in [-0.2, 0) is 32.5 Å². The summed E-state index contributed by atoms with van der Waals surface area (Å²) in [5, 5.41) is 5.94. The van der Waals surface area contributed by atoms with Crippen LogP contribution in [-0.4, -0.2) is 55.9 Å². The van der Waals surface area contributed by atoms with Crippen LogP contribution in [0.25, 0.3) is 11.1 Å². The second kappa shape index (κ2) is 12.0. The third-order valence-corrected chi connectivity index (χ3v) is 11.4. The van der Waals surface area contributed by atoms with E-state index in [0.717, 1.165) is 0 Å². The van der Waals surface area contributed by atoms with E-state index in [4.69, 9.17) is 4.74 Å². The van der Waals surface area contributed by atoms with Gasteiger partial charge in [-0.1, -0.05) is 39.0 Å². The fourth-order valence-corrected chi connectivity index (χ4v) is 7.68. The van der Waals surface area contributed by atoms with E-state index in [1.165, 1.54) is 6.07 Å². The normalized spacial score (nSPS) is 25.7. The predicted molar refractivity (Wildman–Crippen MR) is 165 cm³/mol. The Morgan fingerprint density at radius 3 is 2.50 bits per heavy atom. The third kappa shape index (κ3) is 6.93. The van der Waals surface area contributed by atoms with Crippen LogP contribution in [0.4, 0.5) is 8.78 Å². The van der Waals surface area contributed by atoms with Crippen LogP contribution in [0.5, 0.6) is 5.75 Å². The fraction of sp³-hybridized carbons (Fsp3) is 0.576.